The van der Waals surface area contributed by atoms with Crippen molar-refractivity contribution >= 4 is 34.8 Å². The number of aryl methyl sites for hydroxylation is 2. The highest BCUT2D eigenvalue weighted by atomic mass is 35.5. The van der Waals surface area contributed by atoms with Gasteiger partial charge in [-0.2, -0.15) is 4.98 Å². The maximum Gasteiger partial charge on any atom is 0.232 e. The summed E-state index contributed by atoms with van der Waals surface area (Å²) >= 11 is 12.0. The van der Waals surface area contributed by atoms with Gasteiger partial charge in [-0.25, -0.2) is 0 Å². The number of nitrogens with one attached hydrogen (secondary N) is 1. The molecule has 0 aliphatic carbocycles. The van der Waals surface area contributed by atoms with Crippen LogP contribution < -0.4 is 5.32 Å². The smallest absolute Gasteiger partial charge is 0.232 e. The zero-order valence-electron chi connectivity index (χ0n) is 13.2. The first-order valence-corrected chi connectivity index (χ1v) is 8.46. The van der Waals surface area contributed by atoms with Crippen LogP contribution in [0, 0.1) is 0 Å². The molecule has 5 nitrogen and oxygen atoms in total. The fourth-order valence-electron chi connectivity index (χ4n) is 2.30. The van der Waals surface area contributed by atoms with E-state index in [0.29, 0.717) is 33.9 Å². The summed E-state index contributed by atoms with van der Waals surface area (Å²) in [6.07, 6.45) is 1.42. The number of nitrogens with zero attached hydrogens (tertiary/aromatic N) is 2. The van der Waals surface area contributed by atoms with Crippen molar-refractivity contribution in [2.24, 2.45) is 0 Å². The van der Waals surface area contributed by atoms with Gasteiger partial charge >= 0.3 is 0 Å². The second-order valence-electron chi connectivity index (χ2n) is 5.42. The summed E-state index contributed by atoms with van der Waals surface area (Å²) in [5.41, 5.74) is 1.64. The molecule has 1 amide bonds. The third kappa shape index (κ3) is 4.81. The number of rotatable bonds is 6. The number of aromatic nitrogens is 2. The summed E-state index contributed by atoms with van der Waals surface area (Å²) in [5.74, 6) is 0.547. The minimum absolute atomic E-state index is 0.00230. The van der Waals surface area contributed by atoms with Crippen molar-refractivity contribution in [2.75, 3.05) is 5.32 Å². The second-order valence-corrected chi connectivity index (χ2v) is 6.20. The third-order valence-corrected chi connectivity index (χ3v) is 4.34. The Morgan fingerprint density at radius 3 is 2.64 bits per heavy atom. The number of carbonyl (C=O) groups is 1. The molecule has 0 aliphatic rings. The van der Waals surface area contributed by atoms with E-state index in [1.165, 1.54) is 5.56 Å². The van der Waals surface area contributed by atoms with Gasteiger partial charge in [0, 0.05) is 6.42 Å². The fraction of sp³-hybridized carbons (Fsp3) is 0.167. The van der Waals surface area contributed by atoms with Crippen LogP contribution in [0.3, 0.4) is 0 Å². The van der Waals surface area contributed by atoms with E-state index in [1.807, 2.05) is 30.3 Å². The van der Waals surface area contributed by atoms with E-state index in [1.54, 1.807) is 18.2 Å². The number of amides is 1. The number of benzene rings is 2. The van der Waals surface area contributed by atoms with Crippen molar-refractivity contribution in [3.8, 4) is 0 Å². The van der Waals surface area contributed by atoms with Gasteiger partial charge in [-0.15, -0.1) is 0 Å². The van der Waals surface area contributed by atoms with Gasteiger partial charge in [-0.1, -0.05) is 64.8 Å². The van der Waals surface area contributed by atoms with E-state index < -0.39 is 0 Å². The van der Waals surface area contributed by atoms with Crippen LogP contribution in [0.5, 0.6) is 0 Å². The average molecular weight is 376 g/mol. The highest BCUT2D eigenvalue weighted by Crippen LogP contribution is 2.29. The number of hydrogen-bond donors (Lipinski definition) is 1. The Bertz CT molecular complexity index is 866. The molecule has 2 aromatic carbocycles. The standard InChI is InChI=1S/C18H15Cl2N3O2/c19-13-7-4-8-14(18(13)20)21-16(24)11-15-22-17(25-23-15)10-9-12-5-2-1-3-6-12/h1-8H,9-11H2,(H,21,24). The van der Waals surface area contributed by atoms with Crippen LogP contribution in [-0.4, -0.2) is 16.0 Å². The van der Waals surface area contributed by atoms with E-state index in [0.717, 1.165) is 6.42 Å². The molecule has 0 unspecified atom stereocenters. The highest BCUT2D eigenvalue weighted by Gasteiger charge is 2.13. The minimum atomic E-state index is -0.292. The molecule has 3 rings (SSSR count). The van der Waals surface area contributed by atoms with Crippen molar-refractivity contribution in [1.82, 2.24) is 10.1 Å². The van der Waals surface area contributed by atoms with E-state index in [4.69, 9.17) is 27.7 Å². The van der Waals surface area contributed by atoms with Gasteiger partial charge in [0.1, 0.15) is 0 Å². The first kappa shape index (κ1) is 17.5. The fourth-order valence-corrected chi connectivity index (χ4v) is 2.65. The molecule has 0 fully saturated rings. The van der Waals surface area contributed by atoms with Crippen LogP contribution in [0.4, 0.5) is 5.69 Å². The third-order valence-electron chi connectivity index (χ3n) is 3.52. The molecule has 3 aromatic rings. The van der Waals surface area contributed by atoms with Crippen molar-refractivity contribution in [1.29, 1.82) is 0 Å². The van der Waals surface area contributed by atoms with Gasteiger partial charge < -0.3 is 9.84 Å². The van der Waals surface area contributed by atoms with Crippen LogP contribution in [0.2, 0.25) is 10.0 Å². The lowest BCUT2D eigenvalue weighted by atomic mass is 10.1. The van der Waals surface area contributed by atoms with E-state index in [2.05, 4.69) is 15.5 Å². The molecular weight excluding hydrogens is 361 g/mol. The SMILES string of the molecule is O=C(Cc1noc(CCc2ccccc2)n1)Nc1cccc(Cl)c1Cl. The molecule has 25 heavy (non-hydrogen) atoms. The molecule has 0 bridgehead atoms. The quantitative estimate of drug-likeness (QED) is 0.695. The lowest BCUT2D eigenvalue weighted by Crippen LogP contribution is -2.15. The van der Waals surface area contributed by atoms with Crippen molar-refractivity contribution in [3.05, 3.63) is 75.9 Å². The molecule has 1 heterocycles. The minimum Gasteiger partial charge on any atom is -0.339 e. The second kappa shape index (κ2) is 8.14. The van der Waals surface area contributed by atoms with Crippen LogP contribution >= 0.6 is 23.2 Å². The predicted octanol–water partition coefficient (Wildman–Crippen LogP) is 4.34. The highest BCUT2D eigenvalue weighted by molar-refractivity contribution is 6.43. The van der Waals surface area contributed by atoms with Gasteiger partial charge in [0.05, 0.1) is 22.2 Å². The van der Waals surface area contributed by atoms with Gasteiger partial charge in [-0.3, -0.25) is 4.79 Å². The summed E-state index contributed by atoms with van der Waals surface area (Å²) in [5, 5.41) is 7.21. The van der Waals surface area contributed by atoms with Crippen LogP contribution in [0.15, 0.2) is 53.1 Å². The van der Waals surface area contributed by atoms with Crippen LogP contribution in [0.1, 0.15) is 17.3 Å². The first-order chi connectivity index (χ1) is 12.1. The van der Waals surface area contributed by atoms with Crippen molar-refractivity contribution in [2.45, 2.75) is 19.3 Å². The number of hydrogen-bond acceptors (Lipinski definition) is 4. The molecule has 0 saturated carbocycles. The molecule has 1 aromatic heterocycles. The maximum absolute atomic E-state index is 12.1. The Kier molecular flexibility index (Phi) is 5.68. The molecule has 0 radical (unpaired) electrons. The first-order valence-electron chi connectivity index (χ1n) is 7.71. The summed E-state index contributed by atoms with van der Waals surface area (Å²) in [6.45, 7) is 0. The number of halogens is 2. The van der Waals surface area contributed by atoms with Crippen molar-refractivity contribution in [3.63, 3.8) is 0 Å². The van der Waals surface area contributed by atoms with E-state index in [9.17, 15) is 4.79 Å². The Balaban J connectivity index is 1.55. The Hall–Kier alpha value is -2.37. The monoisotopic (exact) mass is 375 g/mol. The van der Waals surface area contributed by atoms with Crippen LogP contribution in [-0.2, 0) is 24.1 Å². The summed E-state index contributed by atoms with van der Waals surface area (Å²) in [4.78, 5) is 16.3. The van der Waals surface area contributed by atoms with Gasteiger partial charge in [0.2, 0.25) is 11.8 Å². The Morgan fingerprint density at radius 1 is 1.04 bits per heavy atom. The maximum atomic E-state index is 12.1. The molecule has 0 atom stereocenters. The average Bonchev–Trinajstić information content (AvgIpc) is 3.05. The molecule has 1 N–H and O–H groups in total. The molecule has 7 heteroatoms. The molecule has 0 aliphatic heterocycles. The largest absolute Gasteiger partial charge is 0.339 e. The lowest BCUT2D eigenvalue weighted by molar-refractivity contribution is -0.115. The molecule has 128 valence electrons. The summed E-state index contributed by atoms with van der Waals surface area (Å²) in [7, 11) is 0. The molecular formula is C18H15Cl2N3O2. The van der Waals surface area contributed by atoms with Gasteiger partial charge in [0.25, 0.3) is 0 Å². The number of anilines is 1. The molecule has 0 spiro atoms. The zero-order chi connectivity index (χ0) is 17.6. The lowest BCUT2D eigenvalue weighted by Gasteiger charge is -2.06. The van der Waals surface area contributed by atoms with Crippen LogP contribution in [0.25, 0.3) is 0 Å². The Morgan fingerprint density at radius 2 is 1.84 bits per heavy atom. The van der Waals surface area contributed by atoms with E-state index in [-0.39, 0.29) is 12.3 Å². The zero-order valence-corrected chi connectivity index (χ0v) is 14.7. The number of carbonyl (C=O) groups excluding carboxylic acids is 1. The van der Waals surface area contributed by atoms with E-state index >= 15 is 0 Å². The summed E-state index contributed by atoms with van der Waals surface area (Å²) in [6, 6.07) is 15.1. The topological polar surface area (TPSA) is 68.0 Å². The Labute approximate surface area is 155 Å². The molecule has 0 saturated heterocycles. The van der Waals surface area contributed by atoms with Gasteiger partial charge in [0.15, 0.2) is 5.82 Å². The van der Waals surface area contributed by atoms with Gasteiger partial charge in [-0.05, 0) is 24.1 Å². The van der Waals surface area contributed by atoms with Crippen molar-refractivity contribution < 1.29 is 9.32 Å². The predicted molar refractivity (Wildman–Crippen MR) is 96.9 cm³/mol. The normalized spacial score (nSPS) is 10.6. The summed E-state index contributed by atoms with van der Waals surface area (Å²) < 4.78 is 5.19.